The van der Waals surface area contributed by atoms with Gasteiger partial charge in [0.05, 0.1) is 17.9 Å². The van der Waals surface area contributed by atoms with Crippen LogP contribution < -0.4 is 10.3 Å². The van der Waals surface area contributed by atoms with Gasteiger partial charge in [0, 0.05) is 5.56 Å². The number of H-pyrrole nitrogens is 1. The van der Waals surface area contributed by atoms with Crippen molar-refractivity contribution in [2.75, 3.05) is 6.61 Å². The summed E-state index contributed by atoms with van der Waals surface area (Å²) < 4.78 is 5.53. The Morgan fingerprint density at radius 1 is 1.37 bits per heavy atom. The van der Waals surface area contributed by atoms with Crippen LogP contribution in [0.3, 0.4) is 0 Å². The number of aromatic nitrogens is 2. The van der Waals surface area contributed by atoms with Crippen LogP contribution in [0.15, 0.2) is 35.1 Å². The van der Waals surface area contributed by atoms with Gasteiger partial charge in [0.2, 0.25) is 0 Å². The van der Waals surface area contributed by atoms with Gasteiger partial charge in [-0.25, -0.2) is 5.10 Å². The number of hydrogen-bond donors (Lipinski definition) is 1. The summed E-state index contributed by atoms with van der Waals surface area (Å²) in [4.78, 5) is 22.0. The smallest absolute Gasteiger partial charge is 0.274 e. The van der Waals surface area contributed by atoms with Crippen LogP contribution >= 0.6 is 0 Å². The second-order valence-electron chi connectivity index (χ2n) is 4.03. The lowest BCUT2D eigenvalue weighted by molar-refractivity contribution is 0.112. The first-order valence-corrected chi connectivity index (χ1v) is 6.02. The van der Waals surface area contributed by atoms with Gasteiger partial charge in [-0.3, -0.25) is 9.59 Å². The van der Waals surface area contributed by atoms with Crippen molar-refractivity contribution in [1.82, 2.24) is 10.2 Å². The van der Waals surface area contributed by atoms with Crippen LogP contribution in [-0.2, 0) is 0 Å². The molecule has 0 aliphatic heterocycles. The van der Waals surface area contributed by atoms with Crippen LogP contribution in [-0.4, -0.2) is 23.1 Å². The van der Waals surface area contributed by atoms with Crippen LogP contribution in [0.25, 0.3) is 11.3 Å². The zero-order valence-corrected chi connectivity index (χ0v) is 10.6. The Hall–Kier alpha value is -2.43. The first kappa shape index (κ1) is 13.0. The van der Waals surface area contributed by atoms with Gasteiger partial charge >= 0.3 is 0 Å². The van der Waals surface area contributed by atoms with E-state index in [0.29, 0.717) is 18.6 Å². The molecule has 0 atom stereocenters. The summed E-state index contributed by atoms with van der Waals surface area (Å²) in [5, 5.41) is 6.23. The third kappa shape index (κ3) is 3.07. The molecule has 1 aromatic heterocycles. The highest BCUT2D eigenvalue weighted by Crippen LogP contribution is 2.21. The summed E-state index contributed by atoms with van der Waals surface area (Å²) in [5.41, 5.74) is 0.888. The zero-order chi connectivity index (χ0) is 13.7. The van der Waals surface area contributed by atoms with Gasteiger partial charge in [-0.05, 0) is 24.6 Å². The first-order chi connectivity index (χ1) is 9.24. The molecule has 0 spiro atoms. The van der Waals surface area contributed by atoms with E-state index in [4.69, 9.17) is 4.74 Å². The minimum absolute atomic E-state index is 0.0601. The van der Waals surface area contributed by atoms with E-state index in [9.17, 15) is 9.59 Å². The molecule has 0 radical (unpaired) electrons. The van der Waals surface area contributed by atoms with Crippen LogP contribution in [0.2, 0.25) is 0 Å². The van der Waals surface area contributed by atoms with E-state index in [1.807, 2.05) is 31.2 Å². The predicted molar refractivity (Wildman–Crippen MR) is 71.5 cm³/mol. The number of benzene rings is 1. The van der Waals surface area contributed by atoms with Crippen LogP contribution in [0, 0.1) is 0 Å². The standard InChI is InChI=1S/C14H14N2O3/c1-2-6-19-12-5-3-4-10(7-12)13-8-11(9-17)14(18)16-15-13/h3-5,7-9H,2,6H2,1H3,(H,16,18). The van der Waals surface area contributed by atoms with Gasteiger partial charge in [-0.1, -0.05) is 19.1 Å². The van der Waals surface area contributed by atoms with Crippen molar-refractivity contribution in [1.29, 1.82) is 0 Å². The van der Waals surface area contributed by atoms with E-state index in [1.54, 1.807) is 0 Å². The molecule has 1 heterocycles. The number of nitrogens with zero attached hydrogens (tertiary/aromatic N) is 1. The number of rotatable bonds is 5. The van der Waals surface area contributed by atoms with Crippen molar-refractivity contribution in [2.24, 2.45) is 0 Å². The van der Waals surface area contributed by atoms with Gasteiger partial charge < -0.3 is 4.74 Å². The number of carbonyl (C=O) groups excluding carboxylic acids is 1. The second kappa shape index (κ2) is 5.95. The van der Waals surface area contributed by atoms with Crippen molar-refractivity contribution >= 4 is 6.29 Å². The molecule has 0 saturated heterocycles. The summed E-state index contributed by atoms with van der Waals surface area (Å²) >= 11 is 0. The third-order valence-corrected chi connectivity index (χ3v) is 2.56. The molecule has 0 fully saturated rings. The molecular weight excluding hydrogens is 244 g/mol. The van der Waals surface area contributed by atoms with E-state index in [1.165, 1.54) is 6.07 Å². The molecule has 19 heavy (non-hydrogen) atoms. The van der Waals surface area contributed by atoms with Crippen molar-refractivity contribution in [2.45, 2.75) is 13.3 Å². The maximum Gasteiger partial charge on any atom is 0.274 e. The number of aromatic amines is 1. The topological polar surface area (TPSA) is 72.1 Å². The average molecular weight is 258 g/mol. The zero-order valence-electron chi connectivity index (χ0n) is 10.6. The van der Waals surface area contributed by atoms with Gasteiger partial charge in [0.25, 0.3) is 5.56 Å². The number of ether oxygens (including phenoxy) is 1. The van der Waals surface area contributed by atoms with Gasteiger partial charge in [-0.15, -0.1) is 0 Å². The summed E-state index contributed by atoms with van der Waals surface area (Å²) in [7, 11) is 0. The second-order valence-corrected chi connectivity index (χ2v) is 4.03. The molecule has 2 aromatic rings. The monoisotopic (exact) mass is 258 g/mol. The molecule has 5 nitrogen and oxygen atoms in total. The van der Waals surface area contributed by atoms with Crippen molar-refractivity contribution in [3.63, 3.8) is 0 Å². The minimum Gasteiger partial charge on any atom is -0.494 e. The fourth-order valence-corrected chi connectivity index (χ4v) is 1.62. The average Bonchev–Trinajstić information content (AvgIpc) is 2.46. The van der Waals surface area contributed by atoms with E-state index in [-0.39, 0.29) is 5.56 Å². The number of nitrogens with one attached hydrogen (secondary N) is 1. The minimum atomic E-state index is -0.489. The normalized spacial score (nSPS) is 10.2. The summed E-state index contributed by atoms with van der Waals surface area (Å²) in [6, 6.07) is 8.82. The van der Waals surface area contributed by atoms with Crippen LogP contribution in [0.4, 0.5) is 0 Å². The lowest BCUT2D eigenvalue weighted by atomic mass is 10.1. The molecule has 5 heteroatoms. The largest absolute Gasteiger partial charge is 0.494 e. The SMILES string of the molecule is CCCOc1cccc(-c2cc(C=O)c(=O)[nH]n2)c1. The molecule has 2 rings (SSSR count). The first-order valence-electron chi connectivity index (χ1n) is 6.02. The predicted octanol–water partition coefficient (Wildman–Crippen LogP) is 2.04. The highest BCUT2D eigenvalue weighted by atomic mass is 16.5. The number of hydrogen-bond acceptors (Lipinski definition) is 4. The number of carbonyl (C=O) groups is 1. The van der Waals surface area contributed by atoms with Crippen LogP contribution in [0.1, 0.15) is 23.7 Å². The summed E-state index contributed by atoms with van der Waals surface area (Å²) in [6.07, 6.45) is 1.44. The van der Waals surface area contributed by atoms with E-state index in [0.717, 1.165) is 17.7 Å². The quantitative estimate of drug-likeness (QED) is 0.833. The Kier molecular flexibility index (Phi) is 4.07. The Balaban J connectivity index is 2.35. The van der Waals surface area contributed by atoms with Gasteiger partial charge in [0.1, 0.15) is 5.75 Å². The Labute approximate surface area is 110 Å². The number of aldehydes is 1. The Morgan fingerprint density at radius 2 is 2.21 bits per heavy atom. The molecule has 1 N–H and O–H groups in total. The van der Waals surface area contributed by atoms with Crippen molar-refractivity contribution < 1.29 is 9.53 Å². The van der Waals surface area contributed by atoms with Crippen molar-refractivity contribution in [3.8, 4) is 17.0 Å². The molecule has 0 aliphatic rings. The fourth-order valence-electron chi connectivity index (χ4n) is 1.62. The van der Waals surface area contributed by atoms with Gasteiger partial charge in [0.15, 0.2) is 6.29 Å². The summed E-state index contributed by atoms with van der Waals surface area (Å²) in [6.45, 7) is 2.67. The van der Waals surface area contributed by atoms with Crippen molar-refractivity contribution in [3.05, 3.63) is 46.2 Å². The third-order valence-electron chi connectivity index (χ3n) is 2.56. The Bertz CT molecular complexity index is 635. The lowest BCUT2D eigenvalue weighted by Gasteiger charge is -2.06. The van der Waals surface area contributed by atoms with E-state index >= 15 is 0 Å². The molecule has 0 bridgehead atoms. The maximum atomic E-state index is 11.3. The molecule has 0 unspecified atom stereocenters. The highest BCUT2D eigenvalue weighted by Gasteiger charge is 2.05. The molecule has 1 aromatic carbocycles. The summed E-state index contributed by atoms with van der Waals surface area (Å²) in [5.74, 6) is 0.736. The lowest BCUT2D eigenvalue weighted by Crippen LogP contribution is -2.13. The molecular formula is C14H14N2O3. The van der Waals surface area contributed by atoms with Crippen LogP contribution in [0.5, 0.6) is 5.75 Å². The maximum absolute atomic E-state index is 11.3. The van der Waals surface area contributed by atoms with E-state index < -0.39 is 5.56 Å². The van der Waals surface area contributed by atoms with Gasteiger partial charge in [-0.2, -0.15) is 5.10 Å². The molecule has 0 aliphatic carbocycles. The molecule has 0 amide bonds. The fraction of sp³-hybridized carbons (Fsp3) is 0.214. The Morgan fingerprint density at radius 3 is 2.95 bits per heavy atom. The highest BCUT2D eigenvalue weighted by molar-refractivity contribution is 5.76. The molecule has 0 saturated carbocycles. The molecule has 98 valence electrons. The van der Waals surface area contributed by atoms with E-state index in [2.05, 4.69) is 10.2 Å².